The fourth-order valence-corrected chi connectivity index (χ4v) is 1.01. The first-order valence-corrected chi connectivity index (χ1v) is 5.31. The number of likely N-dealkylation sites (N-methyl/N-ethyl adjacent to an activating group) is 1. The number of hydrogen-bond acceptors (Lipinski definition) is 1. The third-order valence-electron chi connectivity index (χ3n) is 1.85. The molecule has 15 heavy (non-hydrogen) atoms. The highest BCUT2D eigenvalue weighted by atomic mass is 16.1. The summed E-state index contributed by atoms with van der Waals surface area (Å²) in [6.45, 7) is 5.15. The van der Waals surface area contributed by atoms with Gasteiger partial charge in [0.15, 0.2) is 0 Å². The normalized spacial score (nSPS) is 11.7. The number of nitrogens with one attached hydrogen (secondary N) is 1. The molecular formula is C12H23N2O+. The summed E-state index contributed by atoms with van der Waals surface area (Å²) in [6.07, 6.45) is 7.65. The molecule has 1 amide bonds. The summed E-state index contributed by atoms with van der Waals surface area (Å²) >= 11 is 0. The predicted octanol–water partition coefficient (Wildman–Crippen LogP) is 1.33. The maximum atomic E-state index is 10.8. The van der Waals surface area contributed by atoms with Crippen molar-refractivity contribution in [1.29, 1.82) is 0 Å². The standard InChI is InChI=1S/C12H22N2O/c1-5-12(15)13-10-8-6-7-9-11-14(2,3)4/h5,7,9H,1,6,8,10-11H2,2-4H3/p+1. The van der Waals surface area contributed by atoms with Gasteiger partial charge in [-0.25, -0.2) is 0 Å². The number of nitrogens with zero attached hydrogens (tertiary/aromatic N) is 1. The molecule has 0 bridgehead atoms. The first-order valence-electron chi connectivity index (χ1n) is 5.31. The van der Waals surface area contributed by atoms with Gasteiger partial charge in [0.25, 0.3) is 0 Å². The Bertz CT molecular complexity index is 226. The minimum atomic E-state index is -0.0923. The highest BCUT2D eigenvalue weighted by molar-refractivity contribution is 5.86. The maximum Gasteiger partial charge on any atom is 0.243 e. The minimum Gasteiger partial charge on any atom is -0.353 e. The van der Waals surface area contributed by atoms with Gasteiger partial charge < -0.3 is 9.80 Å². The Morgan fingerprint density at radius 3 is 2.53 bits per heavy atom. The van der Waals surface area contributed by atoms with Crippen molar-refractivity contribution in [3.63, 3.8) is 0 Å². The van der Waals surface area contributed by atoms with Crippen molar-refractivity contribution in [3.8, 4) is 0 Å². The third kappa shape index (κ3) is 10.8. The van der Waals surface area contributed by atoms with E-state index in [1.165, 1.54) is 6.08 Å². The van der Waals surface area contributed by atoms with Crippen LogP contribution in [-0.2, 0) is 4.79 Å². The second-order valence-electron chi connectivity index (χ2n) is 4.58. The zero-order chi connectivity index (χ0) is 11.7. The van der Waals surface area contributed by atoms with Gasteiger partial charge in [-0.15, -0.1) is 0 Å². The Kier molecular flexibility index (Phi) is 6.71. The Balaban J connectivity index is 3.39. The molecule has 1 N–H and O–H groups in total. The van der Waals surface area contributed by atoms with Crippen LogP contribution in [0.4, 0.5) is 0 Å². The molecule has 0 aliphatic heterocycles. The number of hydrogen-bond donors (Lipinski definition) is 1. The molecular weight excluding hydrogens is 188 g/mol. The highest BCUT2D eigenvalue weighted by Gasteiger charge is 2.01. The molecule has 0 saturated carbocycles. The summed E-state index contributed by atoms with van der Waals surface area (Å²) < 4.78 is 0.948. The lowest BCUT2D eigenvalue weighted by atomic mass is 10.3. The number of quaternary nitrogens is 1. The minimum absolute atomic E-state index is 0.0923. The van der Waals surface area contributed by atoms with E-state index in [1.807, 2.05) is 0 Å². The summed E-state index contributed by atoms with van der Waals surface area (Å²) in [5, 5.41) is 2.74. The van der Waals surface area contributed by atoms with E-state index in [0.717, 1.165) is 30.4 Å². The van der Waals surface area contributed by atoms with Crippen LogP contribution in [0.3, 0.4) is 0 Å². The fourth-order valence-electron chi connectivity index (χ4n) is 1.01. The molecule has 0 aliphatic rings. The van der Waals surface area contributed by atoms with Crippen molar-refractivity contribution in [1.82, 2.24) is 5.32 Å². The van der Waals surface area contributed by atoms with Gasteiger partial charge in [-0.05, 0) is 25.0 Å². The molecule has 0 radical (unpaired) electrons. The van der Waals surface area contributed by atoms with E-state index in [9.17, 15) is 4.79 Å². The molecule has 0 aromatic carbocycles. The Morgan fingerprint density at radius 2 is 2.00 bits per heavy atom. The van der Waals surface area contributed by atoms with Gasteiger partial charge in [0.05, 0.1) is 27.7 Å². The highest BCUT2D eigenvalue weighted by Crippen LogP contribution is 1.93. The van der Waals surface area contributed by atoms with E-state index in [2.05, 4.69) is 45.2 Å². The third-order valence-corrected chi connectivity index (χ3v) is 1.85. The van der Waals surface area contributed by atoms with Gasteiger partial charge in [-0.3, -0.25) is 4.79 Å². The largest absolute Gasteiger partial charge is 0.353 e. The van der Waals surface area contributed by atoms with E-state index < -0.39 is 0 Å². The summed E-state index contributed by atoms with van der Waals surface area (Å²) in [5.74, 6) is -0.0923. The first kappa shape index (κ1) is 13.9. The molecule has 3 nitrogen and oxygen atoms in total. The van der Waals surface area contributed by atoms with Crippen molar-refractivity contribution in [2.75, 3.05) is 34.2 Å². The quantitative estimate of drug-likeness (QED) is 0.293. The van der Waals surface area contributed by atoms with Crippen molar-refractivity contribution < 1.29 is 9.28 Å². The van der Waals surface area contributed by atoms with Crippen LogP contribution in [0.25, 0.3) is 0 Å². The second-order valence-corrected chi connectivity index (χ2v) is 4.58. The molecule has 0 rings (SSSR count). The molecule has 3 heteroatoms. The summed E-state index contributed by atoms with van der Waals surface area (Å²) in [4.78, 5) is 10.8. The lowest BCUT2D eigenvalue weighted by Gasteiger charge is -2.21. The van der Waals surface area contributed by atoms with Crippen LogP contribution < -0.4 is 5.32 Å². The van der Waals surface area contributed by atoms with Crippen LogP contribution in [-0.4, -0.2) is 44.6 Å². The maximum absolute atomic E-state index is 10.8. The van der Waals surface area contributed by atoms with E-state index in [4.69, 9.17) is 0 Å². The molecule has 0 unspecified atom stereocenters. The van der Waals surface area contributed by atoms with Crippen molar-refractivity contribution in [2.45, 2.75) is 12.8 Å². The number of allylic oxidation sites excluding steroid dienone is 1. The van der Waals surface area contributed by atoms with Crippen molar-refractivity contribution in [3.05, 3.63) is 24.8 Å². The van der Waals surface area contributed by atoms with Crippen LogP contribution in [0.15, 0.2) is 24.8 Å². The number of carbonyl (C=O) groups is 1. The van der Waals surface area contributed by atoms with Crippen LogP contribution in [0.1, 0.15) is 12.8 Å². The topological polar surface area (TPSA) is 29.1 Å². The fraction of sp³-hybridized carbons (Fsp3) is 0.583. The van der Waals surface area contributed by atoms with Gasteiger partial charge in [0.2, 0.25) is 5.91 Å². The van der Waals surface area contributed by atoms with Crippen molar-refractivity contribution in [2.24, 2.45) is 0 Å². The summed E-state index contributed by atoms with van der Waals surface area (Å²) in [5.41, 5.74) is 0. The van der Waals surface area contributed by atoms with Gasteiger partial charge in [-0.1, -0.05) is 12.7 Å². The number of carbonyl (C=O) groups excluding carboxylic acids is 1. The van der Waals surface area contributed by atoms with E-state index in [-0.39, 0.29) is 5.91 Å². The van der Waals surface area contributed by atoms with Crippen LogP contribution >= 0.6 is 0 Å². The molecule has 0 spiro atoms. The van der Waals surface area contributed by atoms with Crippen molar-refractivity contribution >= 4 is 5.91 Å². The van der Waals surface area contributed by atoms with Crippen LogP contribution in [0, 0.1) is 0 Å². The number of rotatable bonds is 7. The second kappa shape index (κ2) is 7.23. The zero-order valence-corrected chi connectivity index (χ0v) is 10.1. The first-order chi connectivity index (χ1) is 6.95. The van der Waals surface area contributed by atoms with Gasteiger partial charge >= 0.3 is 0 Å². The smallest absolute Gasteiger partial charge is 0.243 e. The van der Waals surface area contributed by atoms with Gasteiger partial charge in [0, 0.05) is 6.54 Å². The Labute approximate surface area is 93.1 Å². The summed E-state index contributed by atoms with van der Waals surface area (Å²) in [6, 6.07) is 0. The molecule has 0 aliphatic carbocycles. The molecule has 0 fully saturated rings. The molecule has 0 atom stereocenters. The average Bonchev–Trinajstić information content (AvgIpc) is 2.14. The van der Waals surface area contributed by atoms with E-state index >= 15 is 0 Å². The van der Waals surface area contributed by atoms with Crippen LogP contribution in [0.2, 0.25) is 0 Å². The number of unbranched alkanes of at least 4 members (excludes halogenated alkanes) is 1. The Hall–Kier alpha value is -1.09. The molecule has 0 saturated heterocycles. The number of amides is 1. The van der Waals surface area contributed by atoms with Crippen LogP contribution in [0.5, 0.6) is 0 Å². The molecule has 0 aromatic rings. The van der Waals surface area contributed by atoms with E-state index in [0.29, 0.717) is 0 Å². The Morgan fingerprint density at radius 1 is 1.33 bits per heavy atom. The molecule has 86 valence electrons. The van der Waals surface area contributed by atoms with Gasteiger partial charge in [-0.2, -0.15) is 0 Å². The lowest BCUT2D eigenvalue weighted by Crippen LogP contribution is -2.34. The predicted molar refractivity (Wildman–Crippen MR) is 64.5 cm³/mol. The average molecular weight is 211 g/mol. The SMILES string of the molecule is C=CC(=O)NCCCC=CC[N+](C)(C)C. The molecule has 0 aromatic heterocycles. The van der Waals surface area contributed by atoms with Gasteiger partial charge in [0.1, 0.15) is 0 Å². The molecule has 0 heterocycles. The lowest BCUT2D eigenvalue weighted by molar-refractivity contribution is -0.864. The van der Waals surface area contributed by atoms with E-state index in [1.54, 1.807) is 0 Å². The summed E-state index contributed by atoms with van der Waals surface area (Å²) in [7, 11) is 6.48. The zero-order valence-electron chi connectivity index (χ0n) is 10.1. The monoisotopic (exact) mass is 211 g/mol.